The van der Waals surface area contributed by atoms with Crippen LogP contribution in [-0.4, -0.2) is 43.5 Å². The number of anilines is 1. The average molecular weight is 379 g/mol. The van der Waals surface area contributed by atoms with E-state index in [1.807, 2.05) is 12.1 Å². The number of nitrogens with zero attached hydrogens (tertiary/aromatic N) is 2. The van der Waals surface area contributed by atoms with Crippen molar-refractivity contribution in [2.24, 2.45) is 0 Å². The Labute approximate surface area is 163 Å². The number of methoxy groups -OCH3 is 2. The third kappa shape index (κ3) is 4.07. The first-order valence-corrected chi connectivity index (χ1v) is 8.87. The first-order valence-electron chi connectivity index (χ1n) is 8.87. The van der Waals surface area contributed by atoms with Crippen LogP contribution in [0.15, 0.2) is 42.5 Å². The molecule has 0 spiro atoms. The lowest BCUT2D eigenvalue weighted by Crippen LogP contribution is -2.36. The zero-order chi connectivity index (χ0) is 20.1. The minimum absolute atomic E-state index is 0.0988. The summed E-state index contributed by atoms with van der Waals surface area (Å²) in [6.07, 6.45) is 0.621. The van der Waals surface area contributed by atoms with Crippen LogP contribution in [0.5, 0.6) is 11.5 Å². The zero-order valence-electron chi connectivity index (χ0n) is 15.8. The Hall–Kier alpha value is -3.53. The normalized spacial score (nSPS) is 16.0. The molecule has 0 radical (unpaired) electrons. The Morgan fingerprint density at radius 1 is 1.14 bits per heavy atom. The topological polar surface area (TPSA) is 91.7 Å². The largest absolute Gasteiger partial charge is 0.493 e. The van der Waals surface area contributed by atoms with Gasteiger partial charge in [-0.3, -0.25) is 14.5 Å². The average Bonchev–Trinajstić information content (AvgIpc) is 2.98. The highest BCUT2D eigenvalue weighted by Crippen LogP contribution is 2.28. The molecule has 1 aliphatic rings. The highest BCUT2D eigenvalue weighted by atomic mass is 16.5. The molecule has 2 amide bonds. The Balaban J connectivity index is 1.64. The van der Waals surface area contributed by atoms with Crippen molar-refractivity contribution in [1.29, 1.82) is 5.26 Å². The summed E-state index contributed by atoms with van der Waals surface area (Å²) in [6, 6.07) is 13.8. The Morgan fingerprint density at radius 3 is 2.64 bits per heavy atom. The molecule has 28 heavy (non-hydrogen) atoms. The van der Waals surface area contributed by atoms with Gasteiger partial charge in [-0.25, -0.2) is 0 Å². The fourth-order valence-electron chi connectivity index (χ4n) is 3.19. The van der Waals surface area contributed by atoms with Gasteiger partial charge in [-0.2, -0.15) is 5.26 Å². The molecule has 1 fully saturated rings. The predicted octanol–water partition coefficient (Wildman–Crippen LogP) is 2.36. The summed E-state index contributed by atoms with van der Waals surface area (Å²) < 4.78 is 10.5. The van der Waals surface area contributed by atoms with E-state index >= 15 is 0 Å². The summed E-state index contributed by atoms with van der Waals surface area (Å²) in [5.74, 6) is 0.770. The van der Waals surface area contributed by atoms with Crippen molar-refractivity contribution < 1.29 is 19.1 Å². The van der Waals surface area contributed by atoms with E-state index in [0.29, 0.717) is 35.7 Å². The van der Waals surface area contributed by atoms with Crippen LogP contribution in [0.3, 0.4) is 0 Å². The van der Waals surface area contributed by atoms with Gasteiger partial charge in [0.25, 0.3) is 5.91 Å². The number of carbonyl (C=O) groups is 2. The summed E-state index contributed by atoms with van der Waals surface area (Å²) in [4.78, 5) is 26.3. The molecule has 0 saturated carbocycles. The third-order valence-corrected chi connectivity index (χ3v) is 4.65. The van der Waals surface area contributed by atoms with Gasteiger partial charge in [0.15, 0.2) is 11.5 Å². The van der Waals surface area contributed by atoms with Gasteiger partial charge in [-0.1, -0.05) is 12.1 Å². The molecule has 2 aromatic carbocycles. The maximum Gasteiger partial charge on any atom is 0.252 e. The molecule has 0 aliphatic carbocycles. The molecule has 144 valence electrons. The predicted molar refractivity (Wildman–Crippen MR) is 103 cm³/mol. The molecule has 1 aliphatic heterocycles. The molecule has 1 atom stereocenters. The highest BCUT2D eigenvalue weighted by molar-refractivity contribution is 6.06. The molecule has 2 aromatic rings. The van der Waals surface area contributed by atoms with Crippen molar-refractivity contribution in [1.82, 2.24) is 4.90 Å². The number of imide groups is 1. The van der Waals surface area contributed by atoms with Crippen LogP contribution in [-0.2, 0) is 16.0 Å². The summed E-state index contributed by atoms with van der Waals surface area (Å²) in [7, 11) is 3.13. The van der Waals surface area contributed by atoms with Crippen molar-refractivity contribution in [3.8, 4) is 17.6 Å². The summed E-state index contributed by atoms with van der Waals surface area (Å²) in [6.45, 7) is 0.295. The van der Waals surface area contributed by atoms with Crippen LogP contribution in [0.2, 0.25) is 0 Å². The lowest BCUT2D eigenvalue weighted by Gasteiger charge is -2.16. The van der Waals surface area contributed by atoms with E-state index in [1.54, 1.807) is 44.6 Å². The smallest absolute Gasteiger partial charge is 0.252 e. The van der Waals surface area contributed by atoms with Crippen molar-refractivity contribution in [2.45, 2.75) is 18.9 Å². The maximum atomic E-state index is 12.7. The van der Waals surface area contributed by atoms with E-state index in [2.05, 4.69) is 11.4 Å². The molecular weight excluding hydrogens is 358 g/mol. The molecule has 1 saturated heterocycles. The fraction of sp³-hybridized carbons (Fsp3) is 0.286. The Morgan fingerprint density at radius 2 is 1.93 bits per heavy atom. The third-order valence-electron chi connectivity index (χ3n) is 4.65. The van der Waals surface area contributed by atoms with Gasteiger partial charge in [0.05, 0.1) is 32.3 Å². The van der Waals surface area contributed by atoms with E-state index in [-0.39, 0.29) is 18.2 Å². The van der Waals surface area contributed by atoms with E-state index in [4.69, 9.17) is 14.7 Å². The minimum atomic E-state index is -0.619. The molecule has 1 N–H and O–H groups in total. The molecular formula is C21H21N3O4. The number of carbonyl (C=O) groups excluding carboxylic acids is 2. The zero-order valence-corrected chi connectivity index (χ0v) is 15.8. The lowest BCUT2D eigenvalue weighted by atomic mass is 10.1. The monoisotopic (exact) mass is 379 g/mol. The van der Waals surface area contributed by atoms with Gasteiger partial charge in [-0.15, -0.1) is 0 Å². The number of amides is 2. The van der Waals surface area contributed by atoms with Gasteiger partial charge >= 0.3 is 0 Å². The SMILES string of the molecule is COc1ccc(CCN2C(=O)C[C@@H](Nc3cccc(C#N)c3)C2=O)cc1OC. The van der Waals surface area contributed by atoms with Crippen LogP contribution in [0.1, 0.15) is 17.5 Å². The maximum absolute atomic E-state index is 12.7. The Kier molecular flexibility index (Phi) is 5.80. The number of hydrogen-bond acceptors (Lipinski definition) is 6. The first-order chi connectivity index (χ1) is 13.5. The number of likely N-dealkylation sites (tertiary alicyclic amines) is 1. The molecule has 1 heterocycles. The van der Waals surface area contributed by atoms with Crippen molar-refractivity contribution in [3.05, 3.63) is 53.6 Å². The number of rotatable bonds is 7. The number of nitriles is 1. The molecule has 7 nitrogen and oxygen atoms in total. The van der Waals surface area contributed by atoms with Crippen LogP contribution in [0.25, 0.3) is 0 Å². The molecule has 3 rings (SSSR count). The van der Waals surface area contributed by atoms with Gasteiger partial charge in [0.1, 0.15) is 6.04 Å². The van der Waals surface area contributed by atoms with Gasteiger partial charge in [0.2, 0.25) is 5.91 Å². The van der Waals surface area contributed by atoms with Crippen LogP contribution < -0.4 is 14.8 Å². The number of nitrogens with one attached hydrogen (secondary N) is 1. The van der Waals surface area contributed by atoms with Gasteiger partial charge in [-0.05, 0) is 42.3 Å². The molecule has 0 unspecified atom stereocenters. The van der Waals surface area contributed by atoms with E-state index < -0.39 is 6.04 Å². The molecule has 0 aromatic heterocycles. The standard InChI is InChI=1S/C21H21N3O4/c1-27-18-7-6-14(11-19(18)28-2)8-9-24-20(25)12-17(21(24)26)23-16-5-3-4-15(10-16)13-22/h3-7,10-11,17,23H,8-9,12H2,1-2H3/t17-/m1/s1. The highest BCUT2D eigenvalue weighted by Gasteiger charge is 2.38. The quantitative estimate of drug-likeness (QED) is 0.743. The van der Waals surface area contributed by atoms with E-state index in [1.165, 1.54) is 4.90 Å². The van der Waals surface area contributed by atoms with E-state index in [9.17, 15) is 9.59 Å². The minimum Gasteiger partial charge on any atom is -0.493 e. The first kappa shape index (κ1) is 19.2. The van der Waals surface area contributed by atoms with Crippen molar-refractivity contribution in [2.75, 3.05) is 26.1 Å². The van der Waals surface area contributed by atoms with Crippen LogP contribution >= 0.6 is 0 Å². The number of hydrogen-bond donors (Lipinski definition) is 1. The summed E-state index contributed by atoms with van der Waals surface area (Å²) in [5.41, 5.74) is 2.08. The summed E-state index contributed by atoms with van der Waals surface area (Å²) in [5, 5.41) is 12.0. The second-order valence-electron chi connectivity index (χ2n) is 6.42. The van der Waals surface area contributed by atoms with Gasteiger partial charge < -0.3 is 14.8 Å². The van der Waals surface area contributed by atoms with Crippen molar-refractivity contribution >= 4 is 17.5 Å². The number of benzene rings is 2. The second-order valence-corrected chi connectivity index (χ2v) is 6.42. The van der Waals surface area contributed by atoms with E-state index in [0.717, 1.165) is 5.56 Å². The molecule has 7 heteroatoms. The fourth-order valence-corrected chi connectivity index (χ4v) is 3.19. The molecule has 0 bridgehead atoms. The number of ether oxygens (including phenoxy) is 2. The van der Waals surface area contributed by atoms with Crippen molar-refractivity contribution in [3.63, 3.8) is 0 Å². The summed E-state index contributed by atoms with van der Waals surface area (Å²) >= 11 is 0. The second kappa shape index (κ2) is 8.44. The van der Waals surface area contributed by atoms with Crippen LogP contribution in [0, 0.1) is 11.3 Å². The Bertz CT molecular complexity index is 935. The lowest BCUT2D eigenvalue weighted by molar-refractivity contribution is -0.138. The van der Waals surface area contributed by atoms with Gasteiger partial charge in [0, 0.05) is 12.2 Å². The van der Waals surface area contributed by atoms with Crippen LogP contribution in [0.4, 0.5) is 5.69 Å².